The van der Waals surface area contributed by atoms with E-state index in [2.05, 4.69) is 15.3 Å². The van der Waals surface area contributed by atoms with Crippen molar-refractivity contribution in [2.45, 2.75) is 25.8 Å². The Hall–Kier alpha value is -1.32. The minimum atomic E-state index is -1.15. The van der Waals surface area contributed by atoms with Crippen LogP contribution in [0.25, 0.3) is 10.9 Å². The first-order valence-corrected chi connectivity index (χ1v) is 8.76. The zero-order valence-corrected chi connectivity index (χ0v) is 14.8. The minimum absolute atomic E-state index is 0. The molecule has 3 saturated heterocycles. The molecule has 1 N–H and O–H groups in total. The smallest absolute Gasteiger partial charge is 0.545 e. The van der Waals surface area contributed by atoms with E-state index in [4.69, 9.17) is 0 Å². The summed E-state index contributed by atoms with van der Waals surface area (Å²) in [6.07, 6.45) is 5.59. The van der Waals surface area contributed by atoms with Crippen molar-refractivity contribution in [3.8, 4) is 0 Å². The molecule has 128 valence electrons. The SMILES string of the molecule is O=C([O-])c1cccc2cnn(CCNCC34CCN(CC3)CC4)c12.[Li+]. The summed E-state index contributed by atoms with van der Waals surface area (Å²) in [6.45, 7) is 6.22. The topological polar surface area (TPSA) is 73.2 Å². The molecule has 6 nitrogen and oxygen atoms in total. The Morgan fingerprint density at radius 1 is 1.24 bits per heavy atom. The maximum absolute atomic E-state index is 11.3. The van der Waals surface area contributed by atoms with Crippen molar-refractivity contribution < 1.29 is 28.8 Å². The number of para-hydroxylation sites is 1. The van der Waals surface area contributed by atoms with E-state index in [1.54, 1.807) is 23.0 Å². The van der Waals surface area contributed by atoms with Gasteiger partial charge in [0.05, 0.1) is 24.2 Å². The van der Waals surface area contributed by atoms with Crippen LogP contribution in [0.15, 0.2) is 24.4 Å². The van der Waals surface area contributed by atoms with Crippen molar-refractivity contribution in [1.82, 2.24) is 20.0 Å². The first-order valence-electron chi connectivity index (χ1n) is 8.76. The molecule has 2 aromatic rings. The number of carbonyl (C=O) groups excluding carboxylic acids is 1. The molecule has 0 spiro atoms. The molecule has 7 heteroatoms. The quantitative estimate of drug-likeness (QED) is 0.466. The van der Waals surface area contributed by atoms with Crippen LogP contribution < -0.4 is 29.3 Å². The van der Waals surface area contributed by atoms with Gasteiger partial charge in [-0.15, -0.1) is 0 Å². The number of carbonyl (C=O) groups is 1. The first-order chi connectivity index (χ1) is 11.7. The number of hydrogen-bond acceptors (Lipinski definition) is 5. The van der Waals surface area contributed by atoms with Gasteiger partial charge in [-0.2, -0.15) is 5.10 Å². The Morgan fingerprint density at radius 3 is 2.64 bits per heavy atom. The average molecular weight is 334 g/mol. The second-order valence-corrected chi connectivity index (χ2v) is 7.17. The van der Waals surface area contributed by atoms with Gasteiger partial charge in [-0.3, -0.25) is 4.68 Å². The fourth-order valence-corrected chi connectivity index (χ4v) is 4.18. The average Bonchev–Trinajstić information content (AvgIpc) is 3.03. The fraction of sp³-hybridized carbons (Fsp3) is 0.556. The molecule has 4 heterocycles. The van der Waals surface area contributed by atoms with Gasteiger partial charge in [0.2, 0.25) is 0 Å². The van der Waals surface area contributed by atoms with Crippen molar-refractivity contribution in [3.63, 3.8) is 0 Å². The summed E-state index contributed by atoms with van der Waals surface area (Å²) < 4.78 is 1.77. The molecular weight excluding hydrogens is 311 g/mol. The van der Waals surface area contributed by atoms with Crippen molar-refractivity contribution in [3.05, 3.63) is 30.0 Å². The largest absolute Gasteiger partial charge is 1.00 e. The number of aromatic carboxylic acids is 1. The number of benzene rings is 1. The molecule has 0 unspecified atom stereocenters. The van der Waals surface area contributed by atoms with Crippen LogP contribution in [0.5, 0.6) is 0 Å². The molecule has 0 aliphatic carbocycles. The maximum Gasteiger partial charge on any atom is 1.00 e. The van der Waals surface area contributed by atoms with Gasteiger partial charge in [0.1, 0.15) is 0 Å². The number of rotatable bonds is 6. The maximum atomic E-state index is 11.3. The number of piperidine rings is 3. The number of carboxylic acids is 1. The monoisotopic (exact) mass is 334 g/mol. The van der Waals surface area contributed by atoms with Gasteiger partial charge in [0.25, 0.3) is 0 Å². The number of nitrogens with zero attached hydrogens (tertiary/aromatic N) is 3. The van der Waals surface area contributed by atoms with Crippen molar-refractivity contribution in [2.24, 2.45) is 5.41 Å². The predicted molar refractivity (Wildman–Crippen MR) is 89.7 cm³/mol. The summed E-state index contributed by atoms with van der Waals surface area (Å²) in [7, 11) is 0. The predicted octanol–water partition coefficient (Wildman–Crippen LogP) is -2.52. The summed E-state index contributed by atoms with van der Waals surface area (Å²) in [5, 5.41) is 20.1. The molecule has 3 aliphatic rings. The van der Waals surface area contributed by atoms with Crippen LogP contribution in [0.2, 0.25) is 0 Å². The van der Waals surface area contributed by atoms with E-state index in [1.165, 1.54) is 38.9 Å². The van der Waals surface area contributed by atoms with E-state index in [9.17, 15) is 9.90 Å². The van der Waals surface area contributed by atoms with Gasteiger partial charge in [0.15, 0.2) is 0 Å². The van der Waals surface area contributed by atoms with Crippen LogP contribution in [0.3, 0.4) is 0 Å². The molecule has 2 bridgehead atoms. The van der Waals surface area contributed by atoms with Gasteiger partial charge in [-0.25, -0.2) is 0 Å². The molecule has 3 fully saturated rings. The Labute approximate surface area is 159 Å². The molecular formula is C18H23LiN4O2. The Balaban J connectivity index is 0.00000182. The summed E-state index contributed by atoms with van der Waals surface area (Å²) >= 11 is 0. The van der Waals surface area contributed by atoms with E-state index >= 15 is 0 Å². The number of hydrogen-bond donors (Lipinski definition) is 1. The zero-order chi connectivity index (χ0) is 16.6. The third kappa shape index (κ3) is 3.63. The molecule has 5 rings (SSSR count). The summed E-state index contributed by atoms with van der Waals surface area (Å²) in [5.41, 5.74) is 1.34. The van der Waals surface area contributed by atoms with Crippen LogP contribution >= 0.6 is 0 Å². The van der Waals surface area contributed by atoms with Crippen LogP contribution in [-0.4, -0.2) is 53.4 Å². The Kier molecular flexibility index (Phi) is 5.55. The van der Waals surface area contributed by atoms with Crippen LogP contribution in [-0.2, 0) is 6.54 Å². The molecule has 1 aromatic carbocycles. The van der Waals surface area contributed by atoms with Crippen LogP contribution in [0.4, 0.5) is 0 Å². The van der Waals surface area contributed by atoms with Crippen LogP contribution in [0, 0.1) is 5.41 Å². The molecule has 1 aromatic heterocycles. The van der Waals surface area contributed by atoms with Gasteiger partial charge >= 0.3 is 18.9 Å². The minimum Gasteiger partial charge on any atom is -0.545 e. The van der Waals surface area contributed by atoms with Crippen molar-refractivity contribution in [1.29, 1.82) is 0 Å². The molecule has 0 radical (unpaired) electrons. The number of carboxylic acid groups (broad SMARTS) is 1. The Morgan fingerprint density at radius 2 is 1.96 bits per heavy atom. The van der Waals surface area contributed by atoms with Gasteiger partial charge in [0, 0.05) is 24.0 Å². The van der Waals surface area contributed by atoms with Gasteiger partial charge in [-0.05, 0) is 44.3 Å². The number of nitrogens with one attached hydrogen (secondary N) is 1. The van der Waals surface area contributed by atoms with Crippen LogP contribution in [0.1, 0.15) is 29.6 Å². The molecule has 0 saturated carbocycles. The summed E-state index contributed by atoms with van der Waals surface area (Å²) in [6, 6.07) is 5.19. The number of aromatic nitrogens is 2. The van der Waals surface area contributed by atoms with Crippen molar-refractivity contribution in [2.75, 3.05) is 32.7 Å². The summed E-state index contributed by atoms with van der Waals surface area (Å²) in [5.74, 6) is -1.15. The summed E-state index contributed by atoms with van der Waals surface area (Å²) in [4.78, 5) is 13.9. The standard InChI is InChI=1S/C18H24N4O2.Li/c23-17(24)15-3-1-2-14-12-20-22(16(14)15)11-7-19-13-18-4-8-21(9-5-18)10-6-18;/h1-3,12,19H,4-11,13H2,(H,23,24);/q;+1/p-1. The van der Waals surface area contributed by atoms with E-state index in [0.29, 0.717) is 17.5 Å². The second-order valence-electron chi connectivity index (χ2n) is 7.17. The molecule has 0 amide bonds. The Bertz CT molecular complexity index is 739. The van der Waals surface area contributed by atoms with Gasteiger partial charge < -0.3 is 20.1 Å². The number of fused-ring (bicyclic) bond motifs is 4. The fourth-order valence-electron chi connectivity index (χ4n) is 4.18. The molecule has 25 heavy (non-hydrogen) atoms. The van der Waals surface area contributed by atoms with E-state index in [0.717, 1.165) is 18.5 Å². The van der Waals surface area contributed by atoms with E-state index in [-0.39, 0.29) is 24.4 Å². The third-order valence-corrected chi connectivity index (χ3v) is 5.76. The van der Waals surface area contributed by atoms with Crippen molar-refractivity contribution >= 4 is 16.9 Å². The first kappa shape index (κ1) is 18.5. The molecule has 3 aliphatic heterocycles. The molecule has 0 atom stereocenters. The van der Waals surface area contributed by atoms with E-state index in [1.807, 2.05) is 6.07 Å². The van der Waals surface area contributed by atoms with Gasteiger partial charge in [-0.1, -0.05) is 18.2 Å². The third-order valence-electron chi connectivity index (χ3n) is 5.76. The second kappa shape index (κ2) is 7.51. The normalized spacial score (nSPS) is 25.0. The van der Waals surface area contributed by atoms with E-state index < -0.39 is 5.97 Å². The zero-order valence-electron chi connectivity index (χ0n) is 14.8.